The van der Waals surface area contributed by atoms with Gasteiger partial charge >= 0.3 is 6.18 Å². The van der Waals surface area contributed by atoms with Crippen molar-refractivity contribution >= 4 is 17.5 Å². The monoisotopic (exact) mass is 437 g/mol. The van der Waals surface area contributed by atoms with Gasteiger partial charge in [0.15, 0.2) is 0 Å². The molecule has 2 fully saturated rings. The van der Waals surface area contributed by atoms with Crippen LogP contribution in [0.1, 0.15) is 70.8 Å². The molecule has 1 aliphatic heterocycles. The van der Waals surface area contributed by atoms with Gasteiger partial charge in [-0.15, -0.1) is 0 Å². The fourth-order valence-corrected chi connectivity index (χ4v) is 3.81. The van der Waals surface area contributed by atoms with Gasteiger partial charge in [0.05, 0.1) is 24.4 Å². The number of nitrogens with zero attached hydrogens (tertiary/aromatic N) is 3. The lowest BCUT2D eigenvalue weighted by molar-refractivity contribution is -0.138. The molecule has 2 amide bonds. The standard InChI is InChI=1S/C20H22F3N5O3/c1-10-2-5-13(31-10)9-28-17(15(20(21,22)23)16(27-28)11-3-4-11)19(30)26-12-6-7-25-14(8-12)18(24)29/h6-8,10-11,13H,2-5,9H2,1H3,(H2,24,29)(H,25,26,30)/t10-,13?/m1/s1. The highest BCUT2D eigenvalue weighted by Gasteiger charge is 2.46. The Bertz CT molecular complexity index is 1020. The summed E-state index contributed by atoms with van der Waals surface area (Å²) in [4.78, 5) is 28.1. The fourth-order valence-electron chi connectivity index (χ4n) is 3.81. The minimum absolute atomic E-state index is 0.00636. The second-order valence-electron chi connectivity index (χ2n) is 7.96. The summed E-state index contributed by atoms with van der Waals surface area (Å²) in [6, 6.07) is 2.57. The number of rotatable bonds is 6. The van der Waals surface area contributed by atoms with Crippen molar-refractivity contribution in [1.29, 1.82) is 0 Å². The molecule has 0 bridgehead atoms. The Hall–Kier alpha value is -2.95. The number of amides is 2. The topological polar surface area (TPSA) is 112 Å². The van der Waals surface area contributed by atoms with E-state index in [-0.39, 0.29) is 41.7 Å². The molecule has 3 N–H and O–H groups in total. The van der Waals surface area contributed by atoms with Crippen molar-refractivity contribution in [3.05, 3.63) is 41.0 Å². The first-order valence-electron chi connectivity index (χ1n) is 10.0. The highest BCUT2D eigenvalue weighted by molar-refractivity contribution is 6.05. The van der Waals surface area contributed by atoms with E-state index in [9.17, 15) is 22.8 Å². The first-order valence-corrected chi connectivity index (χ1v) is 10.0. The Morgan fingerprint density at radius 2 is 2.03 bits per heavy atom. The van der Waals surface area contributed by atoms with Crippen molar-refractivity contribution in [2.75, 3.05) is 5.32 Å². The molecule has 1 unspecified atom stereocenters. The van der Waals surface area contributed by atoms with Gasteiger partial charge in [-0.25, -0.2) is 0 Å². The number of carbonyl (C=O) groups excluding carboxylic acids is 2. The number of alkyl halides is 3. The maximum absolute atomic E-state index is 14.0. The Labute approximate surface area is 176 Å². The molecule has 1 saturated carbocycles. The van der Waals surface area contributed by atoms with Gasteiger partial charge in [0.25, 0.3) is 11.8 Å². The molecule has 11 heteroatoms. The summed E-state index contributed by atoms with van der Waals surface area (Å²) in [5.74, 6) is -2.10. The lowest BCUT2D eigenvalue weighted by Crippen LogP contribution is -2.26. The van der Waals surface area contributed by atoms with Crippen LogP contribution >= 0.6 is 0 Å². The number of nitrogens with two attached hydrogens (primary N) is 1. The number of nitrogens with one attached hydrogen (secondary N) is 1. The van der Waals surface area contributed by atoms with Crippen LogP contribution in [0.4, 0.5) is 18.9 Å². The molecule has 3 heterocycles. The van der Waals surface area contributed by atoms with E-state index in [0.29, 0.717) is 19.3 Å². The number of aromatic nitrogens is 3. The molecule has 0 aromatic carbocycles. The normalized spacial score (nSPS) is 21.3. The van der Waals surface area contributed by atoms with Crippen LogP contribution in [0.25, 0.3) is 0 Å². The van der Waals surface area contributed by atoms with Crippen molar-refractivity contribution in [3.8, 4) is 0 Å². The van der Waals surface area contributed by atoms with E-state index in [2.05, 4.69) is 15.4 Å². The first-order chi connectivity index (χ1) is 14.6. The first kappa shape index (κ1) is 21.3. The van der Waals surface area contributed by atoms with Gasteiger partial charge in [0, 0.05) is 17.8 Å². The number of hydrogen-bond donors (Lipinski definition) is 2. The summed E-state index contributed by atoms with van der Waals surface area (Å²) < 4.78 is 48.9. The molecule has 2 aliphatic rings. The van der Waals surface area contributed by atoms with Gasteiger partial charge in [0.1, 0.15) is 17.0 Å². The van der Waals surface area contributed by atoms with Crippen LogP contribution in [0, 0.1) is 0 Å². The minimum atomic E-state index is -4.75. The van der Waals surface area contributed by atoms with Crippen LogP contribution in [0.5, 0.6) is 0 Å². The molecule has 8 nitrogen and oxygen atoms in total. The smallest absolute Gasteiger partial charge is 0.373 e. The Kier molecular flexibility index (Phi) is 5.46. The van der Waals surface area contributed by atoms with E-state index >= 15 is 0 Å². The molecular formula is C20H22F3N5O3. The summed E-state index contributed by atoms with van der Waals surface area (Å²) in [6.45, 7) is 1.94. The van der Waals surface area contributed by atoms with Crippen molar-refractivity contribution in [2.24, 2.45) is 5.73 Å². The largest absolute Gasteiger partial charge is 0.420 e. The van der Waals surface area contributed by atoms with Gasteiger partial charge in [-0.05, 0) is 44.7 Å². The molecular weight excluding hydrogens is 415 g/mol. The second-order valence-corrected chi connectivity index (χ2v) is 7.96. The number of anilines is 1. The molecule has 2 aromatic heterocycles. The summed E-state index contributed by atoms with van der Waals surface area (Å²) >= 11 is 0. The van der Waals surface area contributed by atoms with Crippen molar-refractivity contribution in [1.82, 2.24) is 14.8 Å². The summed E-state index contributed by atoms with van der Waals surface area (Å²) in [6.07, 6.45) is -1.15. The summed E-state index contributed by atoms with van der Waals surface area (Å²) in [5.41, 5.74) is 3.50. The molecule has 166 valence electrons. The highest BCUT2D eigenvalue weighted by Crippen LogP contribution is 2.46. The number of pyridine rings is 1. The van der Waals surface area contributed by atoms with Crippen LogP contribution in [0.2, 0.25) is 0 Å². The van der Waals surface area contributed by atoms with Crippen molar-refractivity contribution < 1.29 is 27.5 Å². The molecule has 2 aromatic rings. The van der Waals surface area contributed by atoms with Crippen LogP contribution in [0.15, 0.2) is 18.3 Å². The Balaban J connectivity index is 1.72. The number of ether oxygens (including phenoxy) is 1. The maximum atomic E-state index is 14.0. The Morgan fingerprint density at radius 3 is 2.61 bits per heavy atom. The number of hydrogen-bond acceptors (Lipinski definition) is 5. The average Bonchev–Trinajstić information content (AvgIpc) is 3.34. The molecule has 0 spiro atoms. The van der Waals surface area contributed by atoms with Gasteiger partial charge in [0.2, 0.25) is 0 Å². The lowest BCUT2D eigenvalue weighted by atomic mass is 10.1. The zero-order valence-corrected chi connectivity index (χ0v) is 16.8. The average molecular weight is 437 g/mol. The van der Waals surface area contributed by atoms with E-state index in [1.807, 2.05) is 6.92 Å². The van der Waals surface area contributed by atoms with E-state index in [0.717, 1.165) is 11.1 Å². The van der Waals surface area contributed by atoms with Gasteiger partial charge in [-0.2, -0.15) is 18.3 Å². The third kappa shape index (κ3) is 4.55. The summed E-state index contributed by atoms with van der Waals surface area (Å²) in [5, 5.41) is 6.63. The highest BCUT2D eigenvalue weighted by atomic mass is 19.4. The van der Waals surface area contributed by atoms with Crippen LogP contribution in [-0.2, 0) is 17.5 Å². The van der Waals surface area contributed by atoms with Crippen LogP contribution in [-0.4, -0.2) is 38.8 Å². The molecule has 1 saturated heterocycles. The predicted octanol–water partition coefficient (Wildman–Crippen LogP) is 3.09. The quantitative estimate of drug-likeness (QED) is 0.721. The maximum Gasteiger partial charge on any atom is 0.420 e. The van der Waals surface area contributed by atoms with Gasteiger partial charge in [-0.1, -0.05) is 0 Å². The van der Waals surface area contributed by atoms with Crippen molar-refractivity contribution in [2.45, 2.75) is 63.5 Å². The molecule has 2 atom stereocenters. The number of primary amides is 1. The van der Waals surface area contributed by atoms with E-state index in [1.54, 1.807) is 0 Å². The van der Waals surface area contributed by atoms with E-state index in [1.165, 1.54) is 18.3 Å². The SMILES string of the molecule is C[C@@H]1CCC(Cn2nc(C3CC3)c(C(F)(F)F)c2C(=O)Nc2ccnc(C(N)=O)c2)O1. The minimum Gasteiger partial charge on any atom is -0.373 e. The van der Waals surface area contributed by atoms with Crippen LogP contribution < -0.4 is 11.1 Å². The molecule has 31 heavy (non-hydrogen) atoms. The summed E-state index contributed by atoms with van der Waals surface area (Å²) in [7, 11) is 0. The van der Waals surface area contributed by atoms with Gasteiger partial charge in [-0.3, -0.25) is 19.3 Å². The molecule has 0 radical (unpaired) electrons. The number of halogens is 3. The predicted molar refractivity (Wildman–Crippen MR) is 103 cm³/mol. The lowest BCUT2D eigenvalue weighted by Gasteiger charge is -2.15. The second kappa shape index (κ2) is 7.95. The zero-order valence-electron chi connectivity index (χ0n) is 16.8. The van der Waals surface area contributed by atoms with E-state index in [4.69, 9.17) is 10.5 Å². The van der Waals surface area contributed by atoms with Crippen LogP contribution in [0.3, 0.4) is 0 Å². The fraction of sp³-hybridized carbons (Fsp3) is 0.500. The molecule has 1 aliphatic carbocycles. The Morgan fingerprint density at radius 1 is 1.29 bits per heavy atom. The zero-order chi connectivity index (χ0) is 22.3. The van der Waals surface area contributed by atoms with Gasteiger partial charge < -0.3 is 15.8 Å². The van der Waals surface area contributed by atoms with Crippen molar-refractivity contribution in [3.63, 3.8) is 0 Å². The third-order valence-corrected chi connectivity index (χ3v) is 5.41. The van der Waals surface area contributed by atoms with E-state index < -0.39 is 29.2 Å². The third-order valence-electron chi connectivity index (χ3n) is 5.41. The number of carbonyl (C=O) groups is 2. The molecule has 4 rings (SSSR count).